The van der Waals surface area contributed by atoms with Crippen molar-refractivity contribution < 1.29 is 19.1 Å². The number of hydrogen-bond donors (Lipinski definition) is 2. The summed E-state index contributed by atoms with van der Waals surface area (Å²) in [4.78, 5) is 29.6. The molecule has 3 aromatic rings. The summed E-state index contributed by atoms with van der Waals surface area (Å²) in [6.07, 6.45) is 3.36. The van der Waals surface area contributed by atoms with Gasteiger partial charge in [-0.2, -0.15) is 0 Å². The van der Waals surface area contributed by atoms with Crippen molar-refractivity contribution >= 4 is 51.6 Å². The Kier molecular flexibility index (Phi) is 6.67. The second-order valence-electron chi connectivity index (χ2n) is 6.76. The van der Waals surface area contributed by atoms with Crippen molar-refractivity contribution in [2.75, 3.05) is 19.0 Å². The van der Waals surface area contributed by atoms with Crippen LogP contribution in [0.3, 0.4) is 0 Å². The smallest absolute Gasteiger partial charge is 0.262 e. The molecule has 9 heteroatoms. The van der Waals surface area contributed by atoms with E-state index in [1.54, 1.807) is 48.0 Å². The van der Waals surface area contributed by atoms with E-state index in [1.807, 2.05) is 18.2 Å². The van der Waals surface area contributed by atoms with Crippen LogP contribution in [0.1, 0.15) is 16.5 Å². The third-order valence-electron chi connectivity index (χ3n) is 4.59. The molecule has 0 saturated carbocycles. The van der Waals surface area contributed by atoms with Crippen LogP contribution < -0.4 is 14.8 Å². The molecule has 1 atom stereocenters. The van der Waals surface area contributed by atoms with Gasteiger partial charge in [-0.1, -0.05) is 36.0 Å². The van der Waals surface area contributed by atoms with Crippen LogP contribution in [0.2, 0.25) is 0 Å². The second kappa shape index (κ2) is 9.80. The van der Waals surface area contributed by atoms with E-state index in [0.717, 1.165) is 17.3 Å². The Balaban J connectivity index is 1.45. The Morgan fingerprint density at radius 2 is 2.03 bits per heavy atom. The van der Waals surface area contributed by atoms with Crippen molar-refractivity contribution in [1.82, 2.24) is 4.98 Å². The minimum absolute atomic E-state index is 0.133. The number of nitrogens with one attached hydrogen (secondary N) is 2. The Hall–Kier alpha value is -3.43. The van der Waals surface area contributed by atoms with Gasteiger partial charge in [-0.15, -0.1) is 11.3 Å². The van der Waals surface area contributed by atoms with Gasteiger partial charge >= 0.3 is 0 Å². The molecule has 162 valence electrons. The number of carbonyl (C=O) groups is 2. The van der Waals surface area contributed by atoms with E-state index in [0.29, 0.717) is 27.1 Å². The van der Waals surface area contributed by atoms with Crippen molar-refractivity contribution in [3.05, 3.63) is 75.6 Å². The topological polar surface area (TPSA) is 101 Å². The minimum Gasteiger partial charge on any atom is -0.493 e. The first-order valence-corrected chi connectivity index (χ1v) is 11.3. The quantitative estimate of drug-likeness (QED) is 0.495. The summed E-state index contributed by atoms with van der Waals surface area (Å²) in [6, 6.07) is 14.3. The highest BCUT2D eigenvalue weighted by atomic mass is 32.2. The standard InChI is InChI=1S/C23H19N3O4S2/c1-29-17-11-14(12-18-21(28)20(22(24)32-18)23-25-9-10-31-23)7-8-16(17)30-13-19(27)26-15-5-3-2-4-6-15/h2-12,20,24H,13H2,1H3,(H,26,27)/b18-12-,24-22?/t20-/m0/s1. The van der Waals surface area contributed by atoms with Crippen molar-refractivity contribution in [2.24, 2.45) is 0 Å². The molecular weight excluding hydrogens is 446 g/mol. The monoisotopic (exact) mass is 465 g/mol. The number of benzene rings is 2. The number of hydrogen-bond acceptors (Lipinski definition) is 8. The first kappa shape index (κ1) is 21.8. The Morgan fingerprint density at radius 1 is 1.22 bits per heavy atom. The SMILES string of the molecule is COc1cc(/C=C2\SC(=N)[C@@H](c3nccs3)C2=O)ccc1OCC(=O)Nc1ccccc1. The lowest BCUT2D eigenvalue weighted by Crippen LogP contribution is -2.20. The van der Waals surface area contributed by atoms with Gasteiger partial charge in [-0.25, -0.2) is 4.98 Å². The lowest BCUT2D eigenvalue weighted by atomic mass is 10.0. The normalized spacial score (nSPS) is 16.9. The van der Waals surface area contributed by atoms with E-state index in [1.165, 1.54) is 18.4 Å². The van der Waals surface area contributed by atoms with Gasteiger partial charge < -0.3 is 14.8 Å². The van der Waals surface area contributed by atoms with E-state index < -0.39 is 5.92 Å². The van der Waals surface area contributed by atoms with Crippen molar-refractivity contribution in [3.63, 3.8) is 0 Å². The average molecular weight is 466 g/mol. The molecule has 2 aromatic carbocycles. The molecule has 2 N–H and O–H groups in total. The Morgan fingerprint density at radius 3 is 2.75 bits per heavy atom. The number of para-hydroxylation sites is 1. The summed E-state index contributed by atoms with van der Waals surface area (Å²) in [6.45, 7) is -0.174. The zero-order valence-electron chi connectivity index (χ0n) is 17.0. The number of rotatable bonds is 7. The number of thioether (sulfide) groups is 1. The fraction of sp³-hybridized carbons (Fsp3) is 0.130. The zero-order valence-corrected chi connectivity index (χ0v) is 18.7. The van der Waals surface area contributed by atoms with E-state index in [9.17, 15) is 9.59 Å². The molecule has 0 aliphatic carbocycles. The Bertz CT molecular complexity index is 1180. The van der Waals surface area contributed by atoms with Crippen molar-refractivity contribution in [3.8, 4) is 11.5 Å². The molecule has 7 nitrogen and oxygen atoms in total. The number of allylic oxidation sites excluding steroid dienone is 1. The van der Waals surface area contributed by atoms with Crippen LogP contribution in [0.15, 0.2) is 65.0 Å². The van der Waals surface area contributed by atoms with Crippen LogP contribution >= 0.6 is 23.1 Å². The first-order valence-electron chi connectivity index (χ1n) is 9.62. The number of Topliss-reactive ketones (excluding diaryl/α,β-unsaturated/α-hetero) is 1. The fourth-order valence-corrected chi connectivity index (χ4v) is 4.90. The lowest BCUT2D eigenvalue weighted by Gasteiger charge is -2.11. The summed E-state index contributed by atoms with van der Waals surface area (Å²) in [5.41, 5.74) is 1.42. The number of thiazole rings is 1. The second-order valence-corrected chi connectivity index (χ2v) is 8.77. The van der Waals surface area contributed by atoms with E-state index in [2.05, 4.69) is 10.3 Å². The van der Waals surface area contributed by atoms with Gasteiger partial charge in [0.1, 0.15) is 10.9 Å². The van der Waals surface area contributed by atoms with Gasteiger partial charge in [0.25, 0.3) is 5.91 Å². The maximum atomic E-state index is 12.8. The number of carbonyl (C=O) groups excluding carboxylic acids is 2. The summed E-state index contributed by atoms with van der Waals surface area (Å²) >= 11 is 2.51. The molecule has 1 aliphatic rings. The van der Waals surface area contributed by atoms with Crippen LogP contribution in [0.5, 0.6) is 11.5 Å². The molecule has 1 aliphatic heterocycles. The number of nitrogens with zero attached hydrogens (tertiary/aromatic N) is 1. The fourth-order valence-electron chi connectivity index (χ4n) is 3.10. The van der Waals surface area contributed by atoms with Gasteiger partial charge in [0.05, 0.1) is 17.1 Å². The molecule has 32 heavy (non-hydrogen) atoms. The summed E-state index contributed by atoms with van der Waals surface area (Å²) in [7, 11) is 1.51. The summed E-state index contributed by atoms with van der Waals surface area (Å²) in [5.74, 6) is -0.194. The molecule has 1 fully saturated rings. The predicted octanol–water partition coefficient (Wildman–Crippen LogP) is 4.59. The lowest BCUT2D eigenvalue weighted by molar-refractivity contribution is -0.118. The van der Waals surface area contributed by atoms with Gasteiger partial charge in [0, 0.05) is 17.3 Å². The van der Waals surface area contributed by atoms with E-state index in [-0.39, 0.29) is 23.3 Å². The van der Waals surface area contributed by atoms with Gasteiger partial charge in [0.15, 0.2) is 23.9 Å². The maximum absolute atomic E-state index is 12.8. The molecule has 1 amide bonds. The molecule has 1 aromatic heterocycles. The third kappa shape index (κ3) is 4.90. The van der Waals surface area contributed by atoms with Crippen molar-refractivity contribution in [2.45, 2.75) is 5.92 Å². The molecular formula is C23H19N3O4S2. The number of anilines is 1. The molecule has 0 bridgehead atoms. The molecule has 0 radical (unpaired) electrons. The zero-order chi connectivity index (χ0) is 22.5. The van der Waals surface area contributed by atoms with E-state index in [4.69, 9.17) is 14.9 Å². The van der Waals surface area contributed by atoms with Gasteiger partial charge in [0.2, 0.25) is 0 Å². The Labute approximate surface area is 193 Å². The highest BCUT2D eigenvalue weighted by Gasteiger charge is 2.38. The molecule has 0 unspecified atom stereocenters. The highest BCUT2D eigenvalue weighted by Crippen LogP contribution is 2.41. The predicted molar refractivity (Wildman–Crippen MR) is 127 cm³/mol. The van der Waals surface area contributed by atoms with Crippen molar-refractivity contribution in [1.29, 1.82) is 5.41 Å². The number of ketones is 1. The minimum atomic E-state index is -0.626. The molecule has 2 heterocycles. The van der Waals surface area contributed by atoms with Crippen LogP contribution in [-0.4, -0.2) is 35.4 Å². The first-order chi connectivity index (χ1) is 15.5. The number of methoxy groups -OCH3 is 1. The van der Waals surface area contributed by atoms with Crippen LogP contribution in [0, 0.1) is 5.41 Å². The number of aromatic nitrogens is 1. The van der Waals surface area contributed by atoms with Crippen LogP contribution in [0.25, 0.3) is 6.08 Å². The maximum Gasteiger partial charge on any atom is 0.262 e. The van der Waals surface area contributed by atoms with Gasteiger partial charge in [-0.3, -0.25) is 15.0 Å². The molecule has 1 saturated heterocycles. The highest BCUT2D eigenvalue weighted by molar-refractivity contribution is 8.19. The summed E-state index contributed by atoms with van der Waals surface area (Å²) in [5, 5.41) is 13.6. The van der Waals surface area contributed by atoms with Crippen LogP contribution in [-0.2, 0) is 9.59 Å². The summed E-state index contributed by atoms with van der Waals surface area (Å²) < 4.78 is 11.0. The van der Waals surface area contributed by atoms with Gasteiger partial charge in [-0.05, 0) is 35.9 Å². The average Bonchev–Trinajstić information content (AvgIpc) is 3.41. The van der Waals surface area contributed by atoms with Crippen LogP contribution in [0.4, 0.5) is 5.69 Å². The number of ether oxygens (including phenoxy) is 2. The molecule has 0 spiro atoms. The number of amides is 1. The largest absolute Gasteiger partial charge is 0.493 e. The van der Waals surface area contributed by atoms with E-state index >= 15 is 0 Å². The third-order valence-corrected chi connectivity index (χ3v) is 6.42. The molecule has 4 rings (SSSR count).